The molecule has 0 spiro atoms. The van der Waals surface area contributed by atoms with Gasteiger partial charge in [0.25, 0.3) is 5.69 Å². The molecule has 122 valence electrons. The summed E-state index contributed by atoms with van der Waals surface area (Å²) in [4.78, 5) is 10.4. The molecule has 0 atom stereocenters. The fourth-order valence-corrected chi connectivity index (χ4v) is 2.53. The van der Waals surface area contributed by atoms with Crippen molar-refractivity contribution in [2.24, 2.45) is 0 Å². The molecule has 0 aliphatic rings. The van der Waals surface area contributed by atoms with Crippen LogP contribution in [-0.2, 0) is 0 Å². The van der Waals surface area contributed by atoms with Crippen molar-refractivity contribution < 1.29 is 9.34 Å². The first-order chi connectivity index (χ1) is 12.1. The molecule has 0 unspecified atom stereocenters. The van der Waals surface area contributed by atoms with E-state index >= 15 is 0 Å². The van der Waals surface area contributed by atoms with Crippen LogP contribution < -0.4 is 0 Å². The molecule has 0 aliphatic carbocycles. The van der Waals surface area contributed by atoms with E-state index in [0.717, 1.165) is 5.56 Å². The second-order valence-electron chi connectivity index (χ2n) is 5.19. The van der Waals surface area contributed by atoms with E-state index in [1.807, 2.05) is 18.2 Å². The van der Waals surface area contributed by atoms with Crippen molar-refractivity contribution in [3.05, 3.63) is 87.1 Å². The van der Waals surface area contributed by atoms with E-state index in [1.54, 1.807) is 36.4 Å². The normalized spacial score (nSPS) is 11.1. The number of benzene rings is 2. The van der Waals surface area contributed by atoms with Gasteiger partial charge in [0, 0.05) is 22.7 Å². The highest BCUT2D eigenvalue weighted by Crippen LogP contribution is 2.27. The molecule has 2 aromatic carbocycles. The zero-order chi connectivity index (χ0) is 17.8. The fourth-order valence-electron chi connectivity index (χ4n) is 2.34. The lowest BCUT2D eigenvalue weighted by molar-refractivity contribution is -0.384. The van der Waals surface area contributed by atoms with Crippen molar-refractivity contribution in [2.75, 3.05) is 0 Å². The Hall–Kier alpha value is -3.36. The number of hydrogen-bond acceptors (Lipinski definition) is 4. The van der Waals surface area contributed by atoms with Gasteiger partial charge < -0.3 is 4.42 Å². The van der Waals surface area contributed by atoms with Gasteiger partial charge in [-0.05, 0) is 35.9 Å². The van der Waals surface area contributed by atoms with Gasteiger partial charge in [-0.15, -0.1) is 0 Å². The first-order valence-corrected chi connectivity index (χ1v) is 7.67. The Bertz CT molecular complexity index is 1020. The van der Waals surface area contributed by atoms with Crippen LogP contribution in [0.5, 0.6) is 0 Å². The molecule has 0 aliphatic heterocycles. The van der Waals surface area contributed by atoms with Crippen LogP contribution in [0.2, 0.25) is 5.02 Å². The van der Waals surface area contributed by atoms with Crippen molar-refractivity contribution in [3.8, 4) is 17.4 Å². The van der Waals surface area contributed by atoms with Crippen LogP contribution in [0.25, 0.3) is 23.0 Å². The summed E-state index contributed by atoms with van der Waals surface area (Å²) in [6, 6.07) is 18.7. The number of nitriles is 1. The maximum atomic E-state index is 10.9. The molecule has 0 amide bonds. The topological polar surface area (TPSA) is 80.1 Å². The van der Waals surface area contributed by atoms with Gasteiger partial charge in [-0.3, -0.25) is 10.1 Å². The molecule has 3 aromatic rings. The molecule has 0 saturated carbocycles. The highest BCUT2D eigenvalue weighted by molar-refractivity contribution is 6.30. The van der Waals surface area contributed by atoms with Gasteiger partial charge in [0.1, 0.15) is 11.5 Å². The lowest BCUT2D eigenvalue weighted by atomic mass is 10.1. The smallest absolute Gasteiger partial charge is 0.270 e. The largest absolute Gasteiger partial charge is 0.457 e. The van der Waals surface area contributed by atoms with Crippen LogP contribution in [-0.4, -0.2) is 4.92 Å². The Morgan fingerprint density at radius 1 is 1.16 bits per heavy atom. The molecule has 0 radical (unpaired) electrons. The van der Waals surface area contributed by atoms with Gasteiger partial charge >= 0.3 is 0 Å². The second kappa shape index (κ2) is 7.04. The Labute approximate surface area is 148 Å². The lowest BCUT2D eigenvalue weighted by Crippen LogP contribution is -1.89. The van der Waals surface area contributed by atoms with Crippen LogP contribution in [0.4, 0.5) is 5.69 Å². The van der Waals surface area contributed by atoms with E-state index in [4.69, 9.17) is 16.0 Å². The maximum Gasteiger partial charge on any atom is 0.270 e. The maximum absolute atomic E-state index is 10.9. The molecule has 6 heteroatoms. The van der Waals surface area contributed by atoms with Crippen LogP contribution in [0.3, 0.4) is 0 Å². The van der Waals surface area contributed by atoms with Crippen LogP contribution in [0, 0.1) is 21.4 Å². The van der Waals surface area contributed by atoms with E-state index in [1.165, 1.54) is 18.2 Å². The van der Waals surface area contributed by atoms with Crippen LogP contribution in [0.1, 0.15) is 11.3 Å². The summed E-state index contributed by atoms with van der Waals surface area (Å²) in [7, 11) is 0. The van der Waals surface area contributed by atoms with E-state index in [2.05, 4.69) is 0 Å². The van der Waals surface area contributed by atoms with Gasteiger partial charge in [0.15, 0.2) is 0 Å². The number of halogens is 1. The Morgan fingerprint density at radius 2 is 1.96 bits per heavy atom. The van der Waals surface area contributed by atoms with Crippen molar-refractivity contribution in [1.29, 1.82) is 5.26 Å². The third-order valence-corrected chi connectivity index (χ3v) is 3.75. The number of furan rings is 1. The molecule has 25 heavy (non-hydrogen) atoms. The van der Waals surface area contributed by atoms with Gasteiger partial charge in [0.2, 0.25) is 0 Å². The van der Waals surface area contributed by atoms with Gasteiger partial charge in [0.05, 0.1) is 16.6 Å². The van der Waals surface area contributed by atoms with Crippen molar-refractivity contribution in [2.45, 2.75) is 0 Å². The number of nitro benzene ring substituents is 1. The van der Waals surface area contributed by atoms with Gasteiger partial charge in [-0.2, -0.15) is 5.26 Å². The quantitative estimate of drug-likeness (QED) is 0.350. The SMILES string of the molecule is N#CC(=Cc1ccc(-c2cccc(Cl)c2)o1)c1cccc([N+](=O)[O-])c1. The van der Waals surface area contributed by atoms with Crippen LogP contribution in [0.15, 0.2) is 65.1 Å². The minimum absolute atomic E-state index is 0.0716. The van der Waals surface area contributed by atoms with E-state index in [-0.39, 0.29) is 11.3 Å². The number of nitro groups is 1. The molecule has 0 saturated heterocycles. The van der Waals surface area contributed by atoms with Crippen molar-refractivity contribution in [3.63, 3.8) is 0 Å². The van der Waals surface area contributed by atoms with Crippen molar-refractivity contribution in [1.82, 2.24) is 0 Å². The molecule has 0 N–H and O–H groups in total. The van der Waals surface area contributed by atoms with E-state index in [0.29, 0.717) is 22.1 Å². The summed E-state index contributed by atoms with van der Waals surface area (Å²) < 4.78 is 5.74. The standard InChI is InChI=1S/C19H11ClN2O3/c20-16-5-1-4-14(9-16)19-8-7-18(25-19)11-15(12-21)13-3-2-6-17(10-13)22(23)24/h1-11H. The first kappa shape index (κ1) is 16.5. The molecule has 1 heterocycles. The minimum Gasteiger partial charge on any atom is -0.457 e. The highest BCUT2D eigenvalue weighted by Gasteiger charge is 2.10. The number of nitrogens with zero attached hydrogens (tertiary/aromatic N) is 2. The van der Waals surface area contributed by atoms with Gasteiger partial charge in [-0.1, -0.05) is 35.9 Å². The average Bonchev–Trinajstić information content (AvgIpc) is 3.08. The second-order valence-corrected chi connectivity index (χ2v) is 5.63. The summed E-state index contributed by atoms with van der Waals surface area (Å²) in [5, 5.41) is 20.9. The molecule has 0 fully saturated rings. The highest BCUT2D eigenvalue weighted by atomic mass is 35.5. The average molecular weight is 351 g/mol. The Kier molecular flexibility index (Phi) is 4.64. The third-order valence-electron chi connectivity index (χ3n) is 3.51. The molecular formula is C19H11ClN2O3. The minimum atomic E-state index is -0.497. The lowest BCUT2D eigenvalue weighted by Gasteiger charge is -1.99. The monoisotopic (exact) mass is 350 g/mol. The number of rotatable bonds is 4. The summed E-state index contributed by atoms with van der Waals surface area (Å²) in [6.07, 6.45) is 1.55. The van der Waals surface area contributed by atoms with E-state index in [9.17, 15) is 15.4 Å². The molecule has 3 rings (SSSR count). The molecule has 0 bridgehead atoms. The summed E-state index contributed by atoms with van der Waals surface area (Å²) >= 11 is 5.98. The zero-order valence-electron chi connectivity index (χ0n) is 12.8. The summed E-state index contributed by atoms with van der Waals surface area (Å²) in [5.41, 5.74) is 1.48. The van der Waals surface area contributed by atoms with Crippen molar-refractivity contribution >= 4 is 28.9 Å². The fraction of sp³-hybridized carbons (Fsp3) is 0. The summed E-state index contributed by atoms with van der Waals surface area (Å²) in [5.74, 6) is 1.09. The third kappa shape index (κ3) is 3.77. The zero-order valence-corrected chi connectivity index (χ0v) is 13.6. The van der Waals surface area contributed by atoms with E-state index < -0.39 is 4.92 Å². The molecular weight excluding hydrogens is 340 g/mol. The Morgan fingerprint density at radius 3 is 2.68 bits per heavy atom. The number of allylic oxidation sites excluding steroid dienone is 1. The van der Waals surface area contributed by atoms with Crippen LogP contribution >= 0.6 is 11.6 Å². The number of hydrogen-bond donors (Lipinski definition) is 0. The first-order valence-electron chi connectivity index (χ1n) is 7.29. The predicted molar refractivity (Wildman–Crippen MR) is 95.7 cm³/mol. The summed E-state index contributed by atoms with van der Waals surface area (Å²) in [6.45, 7) is 0. The number of non-ortho nitro benzene ring substituents is 1. The predicted octanol–water partition coefficient (Wildman–Crippen LogP) is 5.57. The molecule has 5 nitrogen and oxygen atoms in total. The Balaban J connectivity index is 1.95. The molecule has 1 aromatic heterocycles. The van der Waals surface area contributed by atoms with Gasteiger partial charge in [-0.25, -0.2) is 0 Å².